The summed E-state index contributed by atoms with van der Waals surface area (Å²) in [4.78, 5) is 22.9. The number of hydrogen-bond acceptors (Lipinski definition) is 2. The van der Waals surface area contributed by atoms with Crippen molar-refractivity contribution in [2.75, 3.05) is 0 Å². The summed E-state index contributed by atoms with van der Waals surface area (Å²) < 4.78 is 0. The predicted octanol–water partition coefficient (Wildman–Crippen LogP) is 7.98. The third-order valence-corrected chi connectivity index (χ3v) is 6.27. The average Bonchev–Trinajstić information content (AvgIpc) is 2.68. The van der Waals surface area contributed by atoms with E-state index in [0.29, 0.717) is 6.42 Å². The van der Waals surface area contributed by atoms with Gasteiger partial charge < -0.3 is 10.2 Å². The van der Waals surface area contributed by atoms with Crippen LogP contribution in [-0.2, 0) is 9.59 Å². The van der Waals surface area contributed by atoms with Crippen LogP contribution < -0.4 is 0 Å². The zero-order chi connectivity index (χ0) is 21.8. The van der Waals surface area contributed by atoms with Crippen molar-refractivity contribution >= 4 is 11.9 Å². The Hall–Kier alpha value is -1.06. The molecule has 0 amide bonds. The van der Waals surface area contributed by atoms with Crippen molar-refractivity contribution in [3.05, 3.63) is 0 Å². The molecular formula is C25H48O4. The van der Waals surface area contributed by atoms with E-state index in [1.54, 1.807) is 0 Å². The lowest BCUT2D eigenvalue weighted by atomic mass is 9.74. The molecule has 2 N–H and O–H groups in total. The molecule has 0 radical (unpaired) electrons. The first-order valence-electron chi connectivity index (χ1n) is 12.4. The first-order chi connectivity index (χ1) is 14.0. The topological polar surface area (TPSA) is 74.6 Å². The maximum absolute atomic E-state index is 12.3. The molecule has 4 nitrogen and oxygen atoms in total. The Balaban J connectivity index is 4.51. The standard InChI is InChI=1S/C25H48O4/c1-3-5-7-9-12-16-20-25(24(28)29,21-17-13-10-8-6-4-2)22-18-14-11-15-19-23(26)27/h3-22H2,1-2H3,(H,26,27)(H,28,29). The third-order valence-electron chi connectivity index (χ3n) is 6.27. The van der Waals surface area contributed by atoms with Gasteiger partial charge in [0.15, 0.2) is 0 Å². The summed E-state index contributed by atoms with van der Waals surface area (Å²) in [5, 5.41) is 18.8. The molecule has 0 saturated heterocycles. The highest BCUT2D eigenvalue weighted by molar-refractivity contribution is 5.74. The van der Waals surface area contributed by atoms with Crippen LogP contribution in [-0.4, -0.2) is 22.2 Å². The molecule has 0 saturated carbocycles. The molecule has 172 valence electrons. The van der Waals surface area contributed by atoms with Crippen LogP contribution in [0.1, 0.15) is 142 Å². The molecule has 0 aromatic carbocycles. The minimum absolute atomic E-state index is 0.222. The zero-order valence-corrected chi connectivity index (χ0v) is 19.4. The highest BCUT2D eigenvalue weighted by Crippen LogP contribution is 2.38. The second kappa shape index (κ2) is 18.9. The second-order valence-electron chi connectivity index (χ2n) is 8.93. The van der Waals surface area contributed by atoms with E-state index < -0.39 is 17.4 Å². The number of hydrogen-bond donors (Lipinski definition) is 2. The summed E-state index contributed by atoms with van der Waals surface area (Å²) in [7, 11) is 0. The molecule has 4 heteroatoms. The van der Waals surface area contributed by atoms with Crippen LogP contribution in [0, 0.1) is 5.41 Å². The lowest BCUT2D eigenvalue weighted by molar-refractivity contribution is -0.150. The summed E-state index contributed by atoms with van der Waals surface area (Å²) in [6.45, 7) is 4.43. The van der Waals surface area contributed by atoms with Crippen LogP contribution in [0.25, 0.3) is 0 Å². The molecule has 0 spiro atoms. The van der Waals surface area contributed by atoms with Crippen LogP contribution >= 0.6 is 0 Å². The van der Waals surface area contributed by atoms with Crippen LogP contribution in [0.4, 0.5) is 0 Å². The summed E-state index contributed by atoms with van der Waals surface area (Å²) in [6.07, 6.45) is 20.3. The molecule has 0 aliphatic rings. The third kappa shape index (κ3) is 15.4. The molecule has 0 aromatic heterocycles. The van der Waals surface area contributed by atoms with E-state index in [1.807, 2.05) is 0 Å². The number of rotatable bonds is 22. The average molecular weight is 413 g/mol. The molecule has 0 bridgehead atoms. The van der Waals surface area contributed by atoms with E-state index in [0.717, 1.165) is 64.2 Å². The SMILES string of the molecule is CCCCCCCCC(CCCCCCCC)(CCCCCCC(=O)O)C(=O)O. The van der Waals surface area contributed by atoms with E-state index in [4.69, 9.17) is 5.11 Å². The van der Waals surface area contributed by atoms with Gasteiger partial charge in [0.1, 0.15) is 0 Å². The number of carboxylic acids is 2. The van der Waals surface area contributed by atoms with Crippen molar-refractivity contribution in [2.24, 2.45) is 5.41 Å². The van der Waals surface area contributed by atoms with Crippen LogP contribution in [0.2, 0.25) is 0 Å². The van der Waals surface area contributed by atoms with Crippen molar-refractivity contribution in [3.8, 4) is 0 Å². The largest absolute Gasteiger partial charge is 0.481 e. The van der Waals surface area contributed by atoms with Crippen molar-refractivity contribution in [1.82, 2.24) is 0 Å². The Morgan fingerprint density at radius 2 is 0.897 bits per heavy atom. The van der Waals surface area contributed by atoms with Gasteiger partial charge in [-0.05, 0) is 25.7 Å². The molecule has 0 rings (SSSR count). The van der Waals surface area contributed by atoms with Gasteiger partial charge in [0, 0.05) is 6.42 Å². The van der Waals surface area contributed by atoms with Crippen LogP contribution in [0.15, 0.2) is 0 Å². The van der Waals surface area contributed by atoms with Gasteiger partial charge >= 0.3 is 11.9 Å². The monoisotopic (exact) mass is 412 g/mol. The van der Waals surface area contributed by atoms with Gasteiger partial charge in [0.2, 0.25) is 0 Å². The van der Waals surface area contributed by atoms with Gasteiger partial charge in [-0.3, -0.25) is 9.59 Å². The summed E-state index contributed by atoms with van der Waals surface area (Å²) in [6, 6.07) is 0. The first kappa shape index (κ1) is 27.9. The fourth-order valence-corrected chi connectivity index (χ4v) is 4.28. The van der Waals surface area contributed by atoms with Crippen LogP contribution in [0.5, 0.6) is 0 Å². The highest BCUT2D eigenvalue weighted by Gasteiger charge is 2.36. The number of aliphatic carboxylic acids is 2. The zero-order valence-electron chi connectivity index (χ0n) is 19.4. The van der Waals surface area contributed by atoms with E-state index in [-0.39, 0.29) is 6.42 Å². The number of unbranched alkanes of at least 4 members (excludes halogenated alkanes) is 13. The summed E-state index contributed by atoms with van der Waals surface area (Å²) in [5.74, 6) is -1.35. The van der Waals surface area contributed by atoms with Crippen molar-refractivity contribution < 1.29 is 19.8 Å². The van der Waals surface area contributed by atoms with E-state index in [9.17, 15) is 14.7 Å². The molecule has 0 fully saturated rings. The molecule has 0 atom stereocenters. The fraction of sp³-hybridized carbons (Fsp3) is 0.920. The highest BCUT2D eigenvalue weighted by atomic mass is 16.4. The minimum atomic E-state index is -0.740. The summed E-state index contributed by atoms with van der Waals surface area (Å²) >= 11 is 0. The molecule has 0 unspecified atom stereocenters. The molecule has 29 heavy (non-hydrogen) atoms. The van der Waals surface area contributed by atoms with Crippen molar-refractivity contribution in [2.45, 2.75) is 142 Å². The maximum Gasteiger partial charge on any atom is 0.309 e. The maximum atomic E-state index is 12.3. The Morgan fingerprint density at radius 1 is 0.552 bits per heavy atom. The summed E-state index contributed by atoms with van der Waals surface area (Å²) in [5.41, 5.74) is -0.567. The smallest absolute Gasteiger partial charge is 0.309 e. The Labute approximate surface area is 179 Å². The minimum Gasteiger partial charge on any atom is -0.481 e. The molecule has 0 aliphatic carbocycles. The van der Waals surface area contributed by atoms with E-state index in [1.165, 1.54) is 51.4 Å². The van der Waals surface area contributed by atoms with E-state index >= 15 is 0 Å². The van der Waals surface area contributed by atoms with Crippen molar-refractivity contribution in [1.29, 1.82) is 0 Å². The van der Waals surface area contributed by atoms with E-state index in [2.05, 4.69) is 13.8 Å². The number of carbonyl (C=O) groups is 2. The molecule has 0 aromatic rings. The Bertz CT molecular complexity index is 390. The van der Waals surface area contributed by atoms with Gasteiger partial charge in [0.05, 0.1) is 5.41 Å². The van der Waals surface area contributed by atoms with Gasteiger partial charge in [-0.2, -0.15) is 0 Å². The Kier molecular flexibility index (Phi) is 18.2. The normalized spacial score (nSPS) is 11.7. The lowest BCUT2D eigenvalue weighted by Crippen LogP contribution is -2.31. The van der Waals surface area contributed by atoms with Crippen LogP contribution in [0.3, 0.4) is 0 Å². The fourth-order valence-electron chi connectivity index (χ4n) is 4.28. The molecule has 0 aliphatic heterocycles. The number of carboxylic acid groups (broad SMARTS) is 2. The molecular weight excluding hydrogens is 364 g/mol. The first-order valence-corrected chi connectivity index (χ1v) is 12.4. The lowest BCUT2D eigenvalue weighted by Gasteiger charge is -2.30. The van der Waals surface area contributed by atoms with Crippen molar-refractivity contribution in [3.63, 3.8) is 0 Å². The van der Waals surface area contributed by atoms with Gasteiger partial charge in [-0.1, -0.05) is 110 Å². The van der Waals surface area contributed by atoms with Gasteiger partial charge in [-0.15, -0.1) is 0 Å². The Morgan fingerprint density at radius 3 is 1.24 bits per heavy atom. The quantitative estimate of drug-likeness (QED) is 0.177. The molecule has 0 heterocycles. The van der Waals surface area contributed by atoms with Gasteiger partial charge in [-0.25, -0.2) is 0 Å². The predicted molar refractivity (Wildman–Crippen MR) is 121 cm³/mol. The van der Waals surface area contributed by atoms with Gasteiger partial charge in [0.25, 0.3) is 0 Å². The second-order valence-corrected chi connectivity index (χ2v) is 8.93.